The van der Waals surface area contributed by atoms with E-state index in [1.165, 1.54) is 11.3 Å². The smallest absolute Gasteiger partial charge is 0.348 e. The molecule has 0 aromatic carbocycles. The van der Waals surface area contributed by atoms with Crippen molar-refractivity contribution in [2.24, 2.45) is 11.8 Å². The lowest BCUT2D eigenvalue weighted by Crippen LogP contribution is -2.46. The first-order valence-electron chi connectivity index (χ1n) is 12.2. The summed E-state index contributed by atoms with van der Waals surface area (Å²) in [6.45, 7) is 8.52. The molecular weight excluding hydrogens is 436 g/mol. The number of anilines is 1. The van der Waals surface area contributed by atoms with Crippen molar-refractivity contribution >= 4 is 28.9 Å². The molecule has 0 spiro atoms. The van der Waals surface area contributed by atoms with Crippen molar-refractivity contribution in [2.45, 2.75) is 96.6 Å². The molecule has 2 aromatic heterocycles. The Kier molecular flexibility index (Phi) is 6.93. The molecule has 2 aliphatic carbocycles. The molecule has 2 saturated carbocycles. The highest BCUT2D eigenvalue weighted by molar-refractivity contribution is 7.14. The number of carboxylic acids is 1. The molecule has 0 atom stereocenters. The van der Waals surface area contributed by atoms with Gasteiger partial charge in [-0.2, -0.15) is 0 Å². The SMILES string of the molecule is CC1CCC(C(=O)N(c2cc(C(C)(C)C)sc2C(=O)O)C2CCC(n3ccnn3)CC2)CC1. The van der Waals surface area contributed by atoms with E-state index in [1.807, 2.05) is 21.8 Å². The fraction of sp³-hybridized carbons (Fsp3) is 0.680. The summed E-state index contributed by atoms with van der Waals surface area (Å²) >= 11 is 1.31. The minimum absolute atomic E-state index is 0.0112. The van der Waals surface area contributed by atoms with Gasteiger partial charge in [0.15, 0.2) is 0 Å². The molecule has 0 bridgehead atoms. The van der Waals surface area contributed by atoms with Crippen molar-refractivity contribution in [1.29, 1.82) is 0 Å². The topological polar surface area (TPSA) is 88.3 Å². The Bertz CT molecular complexity index is 962. The zero-order valence-corrected chi connectivity index (χ0v) is 21.0. The second-order valence-corrected chi connectivity index (χ2v) is 11.9. The van der Waals surface area contributed by atoms with Crippen LogP contribution in [0.3, 0.4) is 0 Å². The average molecular weight is 473 g/mol. The van der Waals surface area contributed by atoms with Gasteiger partial charge in [0.25, 0.3) is 0 Å². The molecule has 33 heavy (non-hydrogen) atoms. The van der Waals surface area contributed by atoms with Crippen LogP contribution in [-0.2, 0) is 10.2 Å². The van der Waals surface area contributed by atoms with E-state index in [9.17, 15) is 14.7 Å². The van der Waals surface area contributed by atoms with Gasteiger partial charge in [-0.1, -0.05) is 32.9 Å². The number of thiophene rings is 1. The molecule has 7 nitrogen and oxygen atoms in total. The molecular formula is C25H36N4O3S. The highest BCUT2D eigenvalue weighted by atomic mass is 32.1. The van der Waals surface area contributed by atoms with Gasteiger partial charge in [-0.15, -0.1) is 16.4 Å². The van der Waals surface area contributed by atoms with Crippen molar-refractivity contribution in [1.82, 2.24) is 15.0 Å². The molecule has 180 valence electrons. The van der Waals surface area contributed by atoms with Crippen LogP contribution in [0.5, 0.6) is 0 Å². The monoisotopic (exact) mass is 472 g/mol. The number of carbonyl (C=O) groups excluding carboxylic acids is 1. The van der Waals surface area contributed by atoms with Gasteiger partial charge in [0, 0.05) is 23.0 Å². The van der Waals surface area contributed by atoms with Gasteiger partial charge in [0.2, 0.25) is 5.91 Å². The molecule has 4 rings (SSSR count). The van der Waals surface area contributed by atoms with Crippen LogP contribution in [-0.4, -0.2) is 38.0 Å². The van der Waals surface area contributed by atoms with E-state index >= 15 is 0 Å². The van der Waals surface area contributed by atoms with E-state index in [-0.39, 0.29) is 34.2 Å². The zero-order chi connectivity index (χ0) is 23.8. The standard InChI is InChI=1S/C25H36N4O3S/c1-16-5-7-17(8-6-16)23(30)29(19-11-9-18(10-12-19)28-14-13-26-27-28)20-15-21(25(2,3)4)33-22(20)24(31)32/h13-19H,5-12H2,1-4H3,(H,31,32). The first-order valence-corrected chi connectivity index (χ1v) is 13.0. The largest absolute Gasteiger partial charge is 0.477 e. The van der Waals surface area contributed by atoms with Gasteiger partial charge in [0.1, 0.15) is 4.88 Å². The third-order valence-electron chi connectivity index (χ3n) is 7.35. The number of hydrogen-bond donors (Lipinski definition) is 1. The summed E-state index contributed by atoms with van der Waals surface area (Å²) in [5.74, 6) is -0.193. The molecule has 0 saturated heterocycles. The van der Waals surface area contributed by atoms with Crippen molar-refractivity contribution in [3.63, 3.8) is 0 Å². The van der Waals surface area contributed by atoms with Crippen LogP contribution in [0.25, 0.3) is 0 Å². The van der Waals surface area contributed by atoms with Crippen molar-refractivity contribution in [3.8, 4) is 0 Å². The van der Waals surface area contributed by atoms with E-state index < -0.39 is 5.97 Å². The lowest BCUT2D eigenvalue weighted by molar-refractivity contribution is -0.124. The number of nitrogens with zero attached hydrogens (tertiary/aromatic N) is 4. The molecule has 2 aliphatic rings. The number of carbonyl (C=O) groups is 2. The molecule has 1 N–H and O–H groups in total. The highest BCUT2D eigenvalue weighted by Gasteiger charge is 2.38. The number of rotatable bonds is 5. The first-order chi connectivity index (χ1) is 15.6. The lowest BCUT2D eigenvalue weighted by Gasteiger charge is -2.39. The Morgan fingerprint density at radius 2 is 1.76 bits per heavy atom. The molecule has 0 unspecified atom stereocenters. The summed E-state index contributed by atoms with van der Waals surface area (Å²) in [6.07, 6.45) is 11.0. The first kappa shape index (κ1) is 23.9. The van der Waals surface area contributed by atoms with E-state index in [0.29, 0.717) is 11.6 Å². The number of hydrogen-bond acceptors (Lipinski definition) is 5. The van der Waals surface area contributed by atoms with Gasteiger partial charge in [0.05, 0.1) is 17.9 Å². The van der Waals surface area contributed by atoms with E-state index in [2.05, 4.69) is 38.0 Å². The van der Waals surface area contributed by atoms with Gasteiger partial charge in [-0.05, 0) is 68.8 Å². The molecule has 1 amide bonds. The molecule has 2 fully saturated rings. The predicted octanol–water partition coefficient (Wildman–Crippen LogP) is 5.68. The summed E-state index contributed by atoms with van der Waals surface area (Å²) in [4.78, 5) is 29.4. The third kappa shape index (κ3) is 5.15. The maximum atomic E-state index is 14.0. The number of aromatic carboxylic acids is 1. The van der Waals surface area contributed by atoms with E-state index in [0.717, 1.165) is 56.2 Å². The fourth-order valence-electron chi connectivity index (χ4n) is 5.28. The summed E-state index contributed by atoms with van der Waals surface area (Å²) in [6, 6.07) is 2.26. The Balaban J connectivity index is 1.66. The second-order valence-electron chi connectivity index (χ2n) is 10.9. The molecule has 0 radical (unpaired) electrons. The second kappa shape index (κ2) is 9.57. The maximum absolute atomic E-state index is 14.0. The van der Waals surface area contributed by atoms with E-state index in [4.69, 9.17) is 0 Å². The summed E-state index contributed by atoms with van der Waals surface area (Å²) < 4.78 is 1.91. The Morgan fingerprint density at radius 3 is 2.30 bits per heavy atom. The van der Waals surface area contributed by atoms with Crippen molar-refractivity contribution < 1.29 is 14.7 Å². The number of amides is 1. The quantitative estimate of drug-likeness (QED) is 0.605. The van der Waals surface area contributed by atoms with Crippen LogP contribution in [0.1, 0.15) is 99.7 Å². The van der Waals surface area contributed by atoms with Gasteiger partial charge in [-0.3, -0.25) is 4.79 Å². The van der Waals surface area contributed by atoms with Crippen LogP contribution in [0.4, 0.5) is 5.69 Å². The Labute approximate surface area is 200 Å². The van der Waals surface area contributed by atoms with Gasteiger partial charge >= 0.3 is 5.97 Å². The minimum atomic E-state index is -0.947. The Morgan fingerprint density at radius 1 is 1.09 bits per heavy atom. The van der Waals surface area contributed by atoms with Crippen LogP contribution in [0.2, 0.25) is 0 Å². The summed E-state index contributed by atoms with van der Waals surface area (Å²) in [5.41, 5.74) is 0.428. The van der Waals surface area contributed by atoms with Crippen LogP contribution in [0, 0.1) is 11.8 Å². The molecule has 0 aliphatic heterocycles. The van der Waals surface area contributed by atoms with Crippen molar-refractivity contribution in [3.05, 3.63) is 28.2 Å². The average Bonchev–Trinajstić information content (AvgIpc) is 3.45. The highest BCUT2D eigenvalue weighted by Crippen LogP contribution is 2.42. The van der Waals surface area contributed by atoms with Crippen molar-refractivity contribution in [2.75, 3.05) is 4.90 Å². The summed E-state index contributed by atoms with van der Waals surface area (Å²) in [5, 5.41) is 18.1. The minimum Gasteiger partial charge on any atom is -0.477 e. The number of carboxylic acid groups (broad SMARTS) is 1. The lowest BCUT2D eigenvalue weighted by atomic mass is 9.81. The zero-order valence-electron chi connectivity index (χ0n) is 20.2. The van der Waals surface area contributed by atoms with Crippen LogP contribution < -0.4 is 4.90 Å². The number of aromatic nitrogens is 3. The molecule has 8 heteroatoms. The molecule has 2 heterocycles. The normalized spacial score (nSPS) is 26.2. The summed E-state index contributed by atoms with van der Waals surface area (Å²) in [7, 11) is 0. The Hall–Kier alpha value is -2.22. The maximum Gasteiger partial charge on any atom is 0.348 e. The van der Waals surface area contributed by atoms with Crippen LogP contribution >= 0.6 is 11.3 Å². The van der Waals surface area contributed by atoms with Gasteiger partial charge in [-0.25, -0.2) is 9.48 Å². The third-order valence-corrected chi connectivity index (χ3v) is 8.89. The predicted molar refractivity (Wildman–Crippen MR) is 130 cm³/mol. The fourth-order valence-corrected chi connectivity index (χ4v) is 6.32. The van der Waals surface area contributed by atoms with Crippen LogP contribution in [0.15, 0.2) is 18.5 Å². The van der Waals surface area contributed by atoms with Gasteiger partial charge < -0.3 is 10.0 Å². The molecule has 2 aromatic rings. The van der Waals surface area contributed by atoms with E-state index in [1.54, 1.807) is 6.20 Å².